The third kappa shape index (κ3) is 4.59. The fourth-order valence-electron chi connectivity index (χ4n) is 4.24. The molecule has 0 bridgehead atoms. The van der Waals surface area contributed by atoms with Gasteiger partial charge in [-0.2, -0.15) is 0 Å². The van der Waals surface area contributed by atoms with Gasteiger partial charge in [0, 0.05) is 44.0 Å². The minimum atomic E-state index is -0.540. The molecule has 3 aromatic rings. The van der Waals surface area contributed by atoms with Crippen LogP contribution in [0.15, 0.2) is 58.0 Å². The molecule has 0 saturated carbocycles. The number of benzene rings is 1. The lowest BCUT2D eigenvalue weighted by atomic mass is 10.0. The van der Waals surface area contributed by atoms with Gasteiger partial charge >= 0.3 is 5.76 Å². The highest BCUT2D eigenvalue weighted by molar-refractivity contribution is 5.80. The minimum absolute atomic E-state index is 0.0604. The van der Waals surface area contributed by atoms with Crippen LogP contribution < -0.4 is 5.76 Å². The van der Waals surface area contributed by atoms with Crippen LogP contribution in [0, 0.1) is 5.92 Å². The second kappa shape index (κ2) is 9.38. The van der Waals surface area contributed by atoms with Crippen LogP contribution in [0.3, 0.4) is 0 Å². The lowest BCUT2D eigenvalue weighted by Crippen LogP contribution is -2.53. The van der Waals surface area contributed by atoms with Gasteiger partial charge < -0.3 is 14.2 Å². The molecule has 2 amide bonds. The number of carbonyl (C=O) groups excluding carboxylic acids is 2. The van der Waals surface area contributed by atoms with E-state index in [1.54, 1.807) is 35.5 Å². The molecule has 1 aromatic carbocycles. The Morgan fingerprint density at radius 1 is 1.22 bits per heavy atom. The van der Waals surface area contributed by atoms with E-state index in [2.05, 4.69) is 4.98 Å². The van der Waals surface area contributed by atoms with Crippen molar-refractivity contribution in [2.75, 3.05) is 13.1 Å². The van der Waals surface area contributed by atoms with Gasteiger partial charge in [0.25, 0.3) is 0 Å². The second-order valence-electron chi connectivity index (χ2n) is 8.54. The highest BCUT2D eigenvalue weighted by Gasteiger charge is 2.32. The van der Waals surface area contributed by atoms with Crippen LogP contribution >= 0.6 is 0 Å². The number of rotatable bonds is 6. The normalized spacial score (nSPS) is 16.5. The molecule has 1 saturated heterocycles. The number of para-hydroxylation sites is 2. The van der Waals surface area contributed by atoms with Gasteiger partial charge in [-0.05, 0) is 36.6 Å². The van der Waals surface area contributed by atoms with Crippen molar-refractivity contribution >= 4 is 22.9 Å². The van der Waals surface area contributed by atoms with E-state index < -0.39 is 5.76 Å². The largest absolute Gasteiger partial charge is 0.420 e. The van der Waals surface area contributed by atoms with Crippen LogP contribution in [0.4, 0.5) is 0 Å². The Balaban J connectivity index is 1.51. The Morgan fingerprint density at radius 3 is 2.78 bits per heavy atom. The summed E-state index contributed by atoms with van der Waals surface area (Å²) in [6, 6.07) is 10.8. The number of pyridine rings is 1. The van der Waals surface area contributed by atoms with Gasteiger partial charge in [-0.25, -0.2) is 4.79 Å². The van der Waals surface area contributed by atoms with E-state index in [-0.39, 0.29) is 30.3 Å². The lowest BCUT2D eigenvalue weighted by molar-refractivity contribution is -0.142. The van der Waals surface area contributed by atoms with Gasteiger partial charge in [0.2, 0.25) is 11.8 Å². The molecule has 8 heteroatoms. The van der Waals surface area contributed by atoms with Gasteiger partial charge in [0.05, 0.1) is 5.52 Å². The first-order valence-electron chi connectivity index (χ1n) is 11.0. The second-order valence-corrected chi connectivity index (χ2v) is 8.54. The quantitative estimate of drug-likeness (QED) is 0.593. The minimum Gasteiger partial charge on any atom is -0.408 e. The van der Waals surface area contributed by atoms with Gasteiger partial charge in [-0.15, -0.1) is 0 Å². The van der Waals surface area contributed by atoms with Crippen LogP contribution in [-0.4, -0.2) is 50.3 Å². The number of hydrogen-bond acceptors (Lipinski definition) is 5. The average Bonchev–Trinajstić information content (AvgIpc) is 3.12. The Bertz CT molecular complexity index is 1150. The van der Waals surface area contributed by atoms with Crippen molar-refractivity contribution in [1.82, 2.24) is 19.4 Å². The molecule has 3 heterocycles. The van der Waals surface area contributed by atoms with E-state index in [1.165, 1.54) is 4.57 Å². The highest BCUT2D eigenvalue weighted by Crippen LogP contribution is 2.21. The van der Waals surface area contributed by atoms with E-state index in [1.807, 2.05) is 36.9 Å². The van der Waals surface area contributed by atoms with Gasteiger partial charge in [0.1, 0.15) is 6.54 Å². The van der Waals surface area contributed by atoms with Crippen molar-refractivity contribution < 1.29 is 14.0 Å². The van der Waals surface area contributed by atoms with E-state index in [0.717, 1.165) is 18.4 Å². The zero-order valence-electron chi connectivity index (χ0n) is 18.4. The smallest absolute Gasteiger partial charge is 0.408 e. The van der Waals surface area contributed by atoms with Gasteiger partial charge in [-0.1, -0.05) is 32.0 Å². The van der Waals surface area contributed by atoms with E-state index in [4.69, 9.17) is 4.42 Å². The Labute approximate surface area is 186 Å². The maximum absolute atomic E-state index is 13.1. The lowest BCUT2D eigenvalue weighted by Gasteiger charge is -2.40. The van der Waals surface area contributed by atoms with E-state index in [9.17, 15) is 14.4 Å². The molecule has 8 nitrogen and oxygen atoms in total. The van der Waals surface area contributed by atoms with Crippen LogP contribution in [0.5, 0.6) is 0 Å². The summed E-state index contributed by atoms with van der Waals surface area (Å²) < 4.78 is 6.62. The fraction of sp³-hybridized carbons (Fsp3) is 0.417. The molecule has 0 N–H and O–H groups in total. The van der Waals surface area contributed by atoms with E-state index >= 15 is 0 Å². The number of oxazole rings is 1. The highest BCUT2D eigenvalue weighted by atomic mass is 16.4. The molecular weight excluding hydrogens is 408 g/mol. The first kappa shape index (κ1) is 21.8. The summed E-state index contributed by atoms with van der Waals surface area (Å²) in [5.74, 6) is -0.776. The maximum atomic E-state index is 13.1. The summed E-state index contributed by atoms with van der Waals surface area (Å²) in [5, 5.41) is 0. The number of hydrogen-bond donors (Lipinski definition) is 0. The maximum Gasteiger partial charge on any atom is 0.420 e. The molecule has 1 aliphatic rings. The third-order valence-corrected chi connectivity index (χ3v) is 5.91. The number of nitrogens with zero attached hydrogens (tertiary/aromatic N) is 4. The van der Waals surface area contributed by atoms with Crippen molar-refractivity contribution in [3.8, 4) is 0 Å². The molecule has 32 heavy (non-hydrogen) atoms. The van der Waals surface area contributed by atoms with Crippen LogP contribution in [0.2, 0.25) is 0 Å². The average molecular weight is 437 g/mol. The molecule has 2 aromatic heterocycles. The van der Waals surface area contributed by atoms with Crippen LogP contribution in [0.25, 0.3) is 11.1 Å². The van der Waals surface area contributed by atoms with Crippen molar-refractivity contribution in [3.05, 3.63) is 64.9 Å². The molecular formula is C24H28N4O4. The molecule has 1 aliphatic heterocycles. The standard InChI is InChI=1S/C24H28N4O4/c1-17(2)23(30)27(14-18-7-5-11-25-13-18)19-8-6-12-26(15-19)22(29)16-28-20-9-3-4-10-21(20)32-24(28)31/h3-5,7,9-11,13,17,19H,6,8,12,14-16H2,1-2H3. The molecule has 1 atom stereocenters. The summed E-state index contributed by atoms with van der Waals surface area (Å²) in [4.78, 5) is 46.2. The Hall–Kier alpha value is -3.42. The summed E-state index contributed by atoms with van der Waals surface area (Å²) in [6.45, 7) is 5.22. The first-order valence-corrected chi connectivity index (χ1v) is 11.0. The number of likely N-dealkylation sites (tertiary alicyclic amines) is 1. The van der Waals surface area contributed by atoms with Crippen molar-refractivity contribution in [3.63, 3.8) is 0 Å². The van der Waals surface area contributed by atoms with Gasteiger partial charge in [0.15, 0.2) is 5.58 Å². The molecule has 0 aliphatic carbocycles. The third-order valence-electron chi connectivity index (χ3n) is 5.91. The molecule has 168 valence electrons. The molecule has 0 spiro atoms. The number of piperidine rings is 1. The molecule has 0 radical (unpaired) electrons. The summed E-state index contributed by atoms with van der Waals surface area (Å²) in [6.07, 6.45) is 5.10. The fourth-order valence-corrected chi connectivity index (χ4v) is 4.24. The summed E-state index contributed by atoms with van der Waals surface area (Å²) in [7, 11) is 0. The van der Waals surface area contributed by atoms with Crippen LogP contribution in [-0.2, 0) is 22.7 Å². The number of aromatic nitrogens is 2. The Kier molecular flexibility index (Phi) is 6.39. The van der Waals surface area contributed by atoms with E-state index in [0.29, 0.717) is 30.7 Å². The topological polar surface area (TPSA) is 88.7 Å². The number of amides is 2. The van der Waals surface area contributed by atoms with Crippen molar-refractivity contribution in [2.45, 2.75) is 45.8 Å². The van der Waals surface area contributed by atoms with Crippen LogP contribution in [0.1, 0.15) is 32.3 Å². The summed E-state index contributed by atoms with van der Waals surface area (Å²) >= 11 is 0. The summed E-state index contributed by atoms with van der Waals surface area (Å²) in [5.41, 5.74) is 2.03. The monoisotopic (exact) mass is 436 g/mol. The van der Waals surface area contributed by atoms with Crippen molar-refractivity contribution in [1.29, 1.82) is 0 Å². The van der Waals surface area contributed by atoms with Crippen molar-refractivity contribution in [2.24, 2.45) is 5.92 Å². The molecule has 1 fully saturated rings. The SMILES string of the molecule is CC(C)C(=O)N(Cc1cccnc1)C1CCCN(C(=O)Cn2c(=O)oc3ccccc32)C1. The zero-order valence-corrected chi connectivity index (χ0v) is 18.4. The zero-order chi connectivity index (χ0) is 22.7. The van der Waals surface area contributed by atoms with Gasteiger partial charge in [-0.3, -0.25) is 19.1 Å². The predicted molar refractivity (Wildman–Crippen MR) is 120 cm³/mol. The first-order chi connectivity index (χ1) is 15.4. The predicted octanol–water partition coefficient (Wildman–Crippen LogP) is 2.67. The Morgan fingerprint density at radius 2 is 2.03 bits per heavy atom. The molecule has 1 unspecified atom stereocenters. The number of fused-ring (bicyclic) bond motifs is 1. The number of carbonyl (C=O) groups is 2. The molecule has 4 rings (SSSR count).